The molecule has 2 aliphatic heterocycles. The normalized spacial score (nSPS) is 19.3. The van der Waals surface area contributed by atoms with Crippen LogP contribution in [0, 0.1) is 12.8 Å². The first-order valence-electron chi connectivity index (χ1n) is 10.5. The molecule has 30 heavy (non-hydrogen) atoms. The second-order valence-corrected chi connectivity index (χ2v) is 8.06. The molecule has 0 aromatic heterocycles. The van der Waals surface area contributed by atoms with E-state index in [0.717, 1.165) is 30.7 Å². The predicted octanol–water partition coefficient (Wildman–Crippen LogP) is 3.58. The summed E-state index contributed by atoms with van der Waals surface area (Å²) in [5, 5.41) is 0. The fraction of sp³-hybridized carbons (Fsp3) is 0.375. The van der Waals surface area contributed by atoms with Crippen molar-refractivity contribution in [1.29, 1.82) is 0 Å². The summed E-state index contributed by atoms with van der Waals surface area (Å²) in [6, 6.07) is 14.7. The van der Waals surface area contributed by atoms with Gasteiger partial charge < -0.3 is 9.64 Å². The van der Waals surface area contributed by atoms with Crippen LogP contribution < -0.4 is 9.64 Å². The lowest BCUT2D eigenvalue weighted by Gasteiger charge is -2.32. The monoisotopic (exact) mass is 406 g/mol. The Morgan fingerprint density at radius 2 is 1.80 bits per heavy atom. The van der Waals surface area contributed by atoms with Crippen LogP contribution in [-0.2, 0) is 9.59 Å². The highest BCUT2D eigenvalue weighted by Crippen LogP contribution is 2.25. The summed E-state index contributed by atoms with van der Waals surface area (Å²) in [5.74, 6) is 0.751. The summed E-state index contributed by atoms with van der Waals surface area (Å²) in [7, 11) is 0. The number of amides is 3. The summed E-state index contributed by atoms with van der Waals surface area (Å²) >= 11 is 0. The average molecular weight is 406 g/mol. The lowest BCUT2D eigenvalue weighted by Crippen LogP contribution is -2.41. The molecule has 0 aliphatic carbocycles. The van der Waals surface area contributed by atoms with Gasteiger partial charge in [-0.25, -0.2) is 0 Å². The van der Waals surface area contributed by atoms with Crippen molar-refractivity contribution in [2.24, 2.45) is 5.92 Å². The molecule has 0 radical (unpaired) electrons. The maximum atomic E-state index is 13.0. The molecule has 1 atom stereocenters. The van der Waals surface area contributed by atoms with Crippen LogP contribution in [0.3, 0.4) is 0 Å². The van der Waals surface area contributed by atoms with Gasteiger partial charge in [0.1, 0.15) is 5.75 Å². The lowest BCUT2D eigenvalue weighted by molar-refractivity contribution is -0.121. The van der Waals surface area contributed by atoms with Crippen molar-refractivity contribution < 1.29 is 19.1 Å². The molecule has 0 saturated carbocycles. The van der Waals surface area contributed by atoms with Gasteiger partial charge in [0.15, 0.2) is 0 Å². The molecule has 6 heteroatoms. The maximum Gasteiger partial charge on any atom is 0.253 e. The molecular formula is C24H26N2O4. The van der Waals surface area contributed by atoms with Crippen molar-refractivity contribution in [3.05, 3.63) is 59.7 Å². The third kappa shape index (κ3) is 4.37. The highest BCUT2D eigenvalue weighted by atomic mass is 16.5. The summed E-state index contributed by atoms with van der Waals surface area (Å²) < 4.78 is 5.95. The third-order valence-electron chi connectivity index (χ3n) is 5.71. The Morgan fingerprint density at radius 3 is 2.50 bits per heavy atom. The SMILES string of the molecule is Cc1cccc(OC[C@H]2CCCN(C(=O)c3ccc(N4C(=O)CCC4=O)cc3)C2)c1. The van der Waals surface area contributed by atoms with Crippen molar-refractivity contribution in [3.63, 3.8) is 0 Å². The summed E-state index contributed by atoms with van der Waals surface area (Å²) in [5.41, 5.74) is 2.26. The molecule has 2 saturated heterocycles. The van der Waals surface area contributed by atoms with E-state index in [4.69, 9.17) is 4.74 Å². The van der Waals surface area contributed by atoms with Gasteiger partial charge in [-0.1, -0.05) is 12.1 Å². The number of carbonyl (C=O) groups excluding carboxylic acids is 3. The summed E-state index contributed by atoms with van der Waals surface area (Å²) in [4.78, 5) is 39.8. The van der Waals surface area contributed by atoms with E-state index >= 15 is 0 Å². The van der Waals surface area contributed by atoms with Crippen molar-refractivity contribution in [2.45, 2.75) is 32.6 Å². The number of hydrogen-bond donors (Lipinski definition) is 0. The number of ether oxygens (including phenoxy) is 1. The largest absolute Gasteiger partial charge is 0.493 e. The van der Waals surface area contributed by atoms with Gasteiger partial charge in [-0.2, -0.15) is 0 Å². The number of hydrogen-bond acceptors (Lipinski definition) is 4. The van der Waals surface area contributed by atoms with Gasteiger partial charge in [0.2, 0.25) is 11.8 Å². The second-order valence-electron chi connectivity index (χ2n) is 8.06. The third-order valence-corrected chi connectivity index (χ3v) is 5.71. The molecule has 0 spiro atoms. The molecule has 2 aromatic carbocycles. The first kappa shape index (κ1) is 20.1. The Kier molecular flexibility index (Phi) is 5.84. The van der Waals surface area contributed by atoms with Gasteiger partial charge in [-0.3, -0.25) is 19.3 Å². The van der Waals surface area contributed by atoms with E-state index in [1.165, 1.54) is 4.90 Å². The number of nitrogens with zero attached hydrogens (tertiary/aromatic N) is 2. The van der Waals surface area contributed by atoms with Gasteiger partial charge in [0.25, 0.3) is 5.91 Å². The molecule has 0 unspecified atom stereocenters. The standard InChI is InChI=1S/C24H26N2O4/c1-17-4-2-6-21(14-17)30-16-18-5-3-13-25(15-18)24(29)19-7-9-20(10-8-19)26-22(27)11-12-23(26)28/h2,4,6-10,14,18H,3,5,11-13,15-16H2,1H3/t18-/m0/s1. The zero-order valence-electron chi connectivity index (χ0n) is 17.2. The van der Waals surface area contributed by atoms with Crippen molar-refractivity contribution in [3.8, 4) is 5.75 Å². The van der Waals surface area contributed by atoms with E-state index in [2.05, 4.69) is 0 Å². The zero-order valence-corrected chi connectivity index (χ0v) is 17.2. The Hall–Kier alpha value is -3.15. The molecule has 156 valence electrons. The second kappa shape index (κ2) is 8.69. The average Bonchev–Trinajstić information content (AvgIpc) is 3.10. The molecule has 3 amide bonds. The Bertz CT molecular complexity index is 938. The number of aryl methyl sites for hydroxylation is 1. The van der Waals surface area contributed by atoms with E-state index in [0.29, 0.717) is 30.3 Å². The molecule has 2 heterocycles. The van der Waals surface area contributed by atoms with E-state index in [-0.39, 0.29) is 30.6 Å². The Labute approximate surface area is 176 Å². The van der Waals surface area contributed by atoms with Gasteiger partial charge in [0.05, 0.1) is 12.3 Å². The zero-order chi connectivity index (χ0) is 21.1. The smallest absolute Gasteiger partial charge is 0.253 e. The minimum atomic E-state index is -0.188. The van der Waals surface area contributed by atoms with Crippen LogP contribution in [0.15, 0.2) is 48.5 Å². The fourth-order valence-corrected chi connectivity index (χ4v) is 4.10. The van der Waals surface area contributed by atoms with Gasteiger partial charge in [0, 0.05) is 37.4 Å². The summed E-state index contributed by atoms with van der Waals surface area (Å²) in [6.07, 6.45) is 2.48. The number of rotatable bonds is 5. The molecule has 0 N–H and O–H groups in total. The highest BCUT2D eigenvalue weighted by Gasteiger charge is 2.30. The van der Waals surface area contributed by atoms with Gasteiger partial charge in [-0.15, -0.1) is 0 Å². The Balaban J connectivity index is 1.37. The molecule has 2 aliphatic rings. The van der Waals surface area contributed by atoms with Gasteiger partial charge in [-0.05, 0) is 61.7 Å². The number of likely N-dealkylation sites (tertiary alicyclic amines) is 1. The molecule has 0 bridgehead atoms. The first-order chi connectivity index (χ1) is 14.5. The van der Waals surface area contributed by atoms with Crippen LogP contribution in [0.25, 0.3) is 0 Å². The van der Waals surface area contributed by atoms with Gasteiger partial charge >= 0.3 is 0 Å². The van der Waals surface area contributed by atoms with Crippen LogP contribution in [0.1, 0.15) is 41.6 Å². The molecule has 2 aromatic rings. The fourth-order valence-electron chi connectivity index (χ4n) is 4.10. The molecule has 6 nitrogen and oxygen atoms in total. The van der Waals surface area contributed by atoms with Crippen LogP contribution in [-0.4, -0.2) is 42.3 Å². The number of imide groups is 1. The number of anilines is 1. The predicted molar refractivity (Wildman–Crippen MR) is 113 cm³/mol. The number of benzene rings is 2. The van der Waals surface area contributed by atoms with Crippen LogP contribution in [0.5, 0.6) is 5.75 Å². The van der Waals surface area contributed by atoms with Crippen molar-refractivity contribution in [1.82, 2.24) is 4.90 Å². The maximum absolute atomic E-state index is 13.0. The van der Waals surface area contributed by atoms with Crippen LogP contribution in [0.2, 0.25) is 0 Å². The van der Waals surface area contributed by atoms with E-state index in [1.54, 1.807) is 24.3 Å². The molecular weight excluding hydrogens is 380 g/mol. The van der Waals surface area contributed by atoms with E-state index < -0.39 is 0 Å². The first-order valence-corrected chi connectivity index (χ1v) is 10.5. The minimum Gasteiger partial charge on any atom is -0.493 e. The van der Waals surface area contributed by atoms with E-state index in [9.17, 15) is 14.4 Å². The summed E-state index contributed by atoms with van der Waals surface area (Å²) in [6.45, 7) is 4.01. The lowest BCUT2D eigenvalue weighted by atomic mass is 9.98. The highest BCUT2D eigenvalue weighted by molar-refractivity contribution is 6.19. The topological polar surface area (TPSA) is 66.9 Å². The van der Waals surface area contributed by atoms with E-state index in [1.807, 2.05) is 36.1 Å². The minimum absolute atomic E-state index is 0.0270. The molecule has 2 fully saturated rings. The van der Waals surface area contributed by atoms with Crippen LogP contribution >= 0.6 is 0 Å². The Morgan fingerprint density at radius 1 is 1.07 bits per heavy atom. The number of carbonyl (C=O) groups is 3. The quantitative estimate of drug-likeness (QED) is 0.712. The number of piperidine rings is 1. The van der Waals surface area contributed by atoms with Crippen molar-refractivity contribution in [2.75, 3.05) is 24.6 Å². The molecule has 4 rings (SSSR count). The van der Waals surface area contributed by atoms with Crippen molar-refractivity contribution >= 4 is 23.4 Å². The van der Waals surface area contributed by atoms with Crippen LogP contribution in [0.4, 0.5) is 5.69 Å².